The van der Waals surface area contributed by atoms with Gasteiger partial charge in [0.25, 0.3) is 11.6 Å². The number of nitrogens with zero attached hydrogens (tertiary/aromatic N) is 3. The highest BCUT2D eigenvalue weighted by Gasteiger charge is 2.13. The number of benzene rings is 1. The van der Waals surface area contributed by atoms with Gasteiger partial charge in [-0.05, 0) is 19.1 Å². The van der Waals surface area contributed by atoms with E-state index < -0.39 is 10.8 Å². The Morgan fingerprint density at radius 3 is 2.95 bits per heavy atom. The molecule has 1 aromatic heterocycles. The smallest absolute Gasteiger partial charge is 0.272 e. The number of aliphatic hydroxyl groups is 1. The van der Waals surface area contributed by atoms with Crippen LogP contribution in [-0.2, 0) is 0 Å². The third-order valence-electron chi connectivity index (χ3n) is 2.78. The number of carbonyl (C=O) groups excluding carboxylic acids is 1. The summed E-state index contributed by atoms with van der Waals surface area (Å²) in [7, 11) is 0. The Kier molecular flexibility index (Phi) is 4.29. The van der Waals surface area contributed by atoms with Crippen molar-refractivity contribution >= 4 is 11.6 Å². The van der Waals surface area contributed by atoms with E-state index in [0.717, 1.165) is 0 Å². The summed E-state index contributed by atoms with van der Waals surface area (Å²) in [6.45, 7) is 1.49. The Morgan fingerprint density at radius 2 is 2.29 bits per heavy atom. The normalized spacial score (nSPS) is 11.9. The number of nitro groups is 1. The molecule has 2 aromatic rings. The van der Waals surface area contributed by atoms with Crippen molar-refractivity contribution in [2.45, 2.75) is 13.0 Å². The molecule has 21 heavy (non-hydrogen) atoms. The molecule has 0 unspecified atom stereocenters. The third-order valence-corrected chi connectivity index (χ3v) is 2.78. The number of nitrogens with one attached hydrogen (secondary N) is 1. The second kappa shape index (κ2) is 6.14. The van der Waals surface area contributed by atoms with Crippen LogP contribution >= 0.6 is 0 Å². The summed E-state index contributed by atoms with van der Waals surface area (Å²) in [4.78, 5) is 22.1. The minimum atomic E-state index is -0.496. The molecule has 0 fully saturated rings. The number of hydrogen-bond donors (Lipinski definition) is 2. The largest absolute Gasteiger partial charge is 0.394 e. The van der Waals surface area contributed by atoms with Crippen LogP contribution in [0.1, 0.15) is 17.4 Å². The first-order chi connectivity index (χ1) is 10.0. The molecule has 1 heterocycles. The van der Waals surface area contributed by atoms with Crippen molar-refractivity contribution in [3.05, 3.63) is 52.3 Å². The highest BCUT2D eigenvalue weighted by molar-refractivity contribution is 5.92. The lowest BCUT2D eigenvalue weighted by Gasteiger charge is -2.08. The summed E-state index contributed by atoms with van der Waals surface area (Å²) in [6, 6.07) is 7.06. The van der Waals surface area contributed by atoms with Gasteiger partial charge >= 0.3 is 0 Å². The zero-order valence-corrected chi connectivity index (χ0v) is 11.3. The number of aromatic nitrogens is 2. The van der Waals surface area contributed by atoms with Crippen molar-refractivity contribution in [2.75, 3.05) is 6.61 Å². The number of hydrogen-bond acceptors (Lipinski definition) is 5. The maximum absolute atomic E-state index is 11.8. The van der Waals surface area contributed by atoms with Gasteiger partial charge in [-0.3, -0.25) is 14.9 Å². The monoisotopic (exact) mass is 290 g/mol. The lowest BCUT2D eigenvalue weighted by atomic mass is 10.3. The van der Waals surface area contributed by atoms with Crippen molar-refractivity contribution in [3.63, 3.8) is 0 Å². The van der Waals surface area contributed by atoms with Crippen molar-refractivity contribution < 1.29 is 14.8 Å². The molecular weight excluding hydrogens is 276 g/mol. The first-order valence-corrected chi connectivity index (χ1v) is 6.23. The van der Waals surface area contributed by atoms with Gasteiger partial charge in [-0.1, -0.05) is 6.07 Å². The van der Waals surface area contributed by atoms with Gasteiger partial charge in [0.15, 0.2) is 5.69 Å². The predicted molar refractivity (Wildman–Crippen MR) is 74.2 cm³/mol. The summed E-state index contributed by atoms with van der Waals surface area (Å²) in [5.41, 5.74) is 0.600. The standard InChI is InChI=1S/C13H14N4O4/c1-9(8-18)14-13(19)12-5-6-16(15-12)10-3-2-4-11(7-10)17(20)21/h2-7,9,18H,8H2,1H3,(H,14,19)/t9-/m0/s1. The van der Waals surface area contributed by atoms with Gasteiger partial charge in [0.2, 0.25) is 0 Å². The molecule has 0 saturated carbocycles. The molecule has 0 aliphatic heterocycles. The van der Waals surface area contributed by atoms with E-state index in [1.54, 1.807) is 19.1 Å². The van der Waals surface area contributed by atoms with Gasteiger partial charge in [-0.15, -0.1) is 0 Å². The Hall–Kier alpha value is -2.74. The van der Waals surface area contributed by atoms with Crippen LogP contribution in [-0.4, -0.2) is 38.4 Å². The zero-order valence-electron chi connectivity index (χ0n) is 11.3. The minimum absolute atomic E-state index is 0.0529. The van der Waals surface area contributed by atoms with E-state index in [4.69, 9.17) is 5.11 Å². The van der Waals surface area contributed by atoms with Crippen LogP contribution in [0.25, 0.3) is 5.69 Å². The van der Waals surface area contributed by atoms with E-state index >= 15 is 0 Å². The van der Waals surface area contributed by atoms with Crippen molar-refractivity contribution in [1.82, 2.24) is 15.1 Å². The summed E-state index contributed by atoms with van der Waals surface area (Å²) in [5, 5.41) is 26.3. The van der Waals surface area contributed by atoms with Crippen LogP contribution < -0.4 is 5.32 Å². The van der Waals surface area contributed by atoms with Gasteiger partial charge in [0, 0.05) is 24.4 Å². The van der Waals surface area contributed by atoms with Gasteiger partial charge in [-0.2, -0.15) is 5.10 Å². The van der Waals surface area contributed by atoms with E-state index in [1.165, 1.54) is 29.1 Å². The van der Waals surface area contributed by atoms with Crippen molar-refractivity contribution in [2.24, 2.45) is 0 Å². The first-order valence-electron chi connectivity index (χ1n) is 6.23. The molecule has 1 amide bonds. The van der Waals surface area contributed by atoms with E-state index in [0.29, 0.717) is 5.69 Å². The summed E-state index contributed by atoms with van der Waals surface area (Å²) < 4.78 is 1.38. The van der Waals surface area contributed by atoms with E-state index in [1.807, 2.05) is 0 Å². The maximum atomic E-state index is 11.8. The molecule has 1 atom stereocenters. The molecule has 110 valence electrons. The molecular formula is C13H14N4O4. The molecule has 0 spiro atoms. The predicted octanol–water partition coefficient (Wildman–Crippen LogP) is 0.891. The van der Waals surface area contributed by atoms with Crippen LogP contribution in [0.5, 0.6) is 0 Å². The average molecular weight is 290 g/mol. The Labute approximate surface area is 120 Å². The fourth-order valence-corrected chi connectivity index (χ4v) is 1.68. The van der Waals surface area contributed by atoms with Gasteiger partial charge in [-0.25, -0.2) is 4.68 Å². The molecule has 2 rings (SSSR count). The molecule has 0 aliphatic rings. The zero-order chi connectivity index (χ0) is 15.4. The lowest BCUT2D eigenvalue weighted by Crippen LogP contribution is -2.35. The van der Waals surface area contributed by atoms with Crippen LogP contribution in [0.2, 0.25) is 0 Å². The van der Waals surface area contributed by atoms with Gasteiger partial charge < -0.3 is 10.4 Å². The van der Waals surface area contributed by atoms with E-state index in [2.05, 4.69) is 10.4 Å². The fourth-order valence-electron chi connectivity index (χ4n) is 1.68. The SMILES string of the molecule is C[C@@H](CO)NC(=O)c1ccn(-c2cccc([N+](=O)[O-])c2)n1. The molecule has 0 aliphatic carbocycles. The Morgan fingerprint density at radius 1 is 1.52 bits per heavy atom. The number of aliphatic hydroxyl groups excluding tert-OH is 1. The molecule has 2 N–H and O–H groups in total. The molecule has 0 bridgehead atoms. The third kappa shape index (κ3) is 3.42. The number of rotatable bonds is 5. The van der Waals surface area contributed by atoms with Crippen molar-refractivity contribution in [3.8, 4) is 5.69 Å². The Bertz CT molecular complexity index is 668. The first kappa shape index (κ1) is 14.7. The molecule has 1 aromatic carbocycles. The molecule has 8 nitrogen and oxygen atoms in total. The molecule has 0 radical (unpaired) electrons. The lowest BCUT2D eigenvalue weighted by molar-refractivity contribution is -0.384. The minimum Gasteiger partial charge on any atom is -0.394 e. The van der Waals surface area contributed by atoms with Crippen LogP contribution in [0.15, 0.2) is 36.5 Å². The van der Waals surface area contributed by atoms with E-state index in [9.17, 15) is 14.9 Å². The van der Waals surface area contributed by atoms with Crippen molar-refractivity contribution in [1.29, 1.82) is 0 Å². The second-order valence-corrected chi connectivity index (χ2v) is 4.48. The topological polar surface area (TPSA) is 110 Å². The Balaban J connectivity index is 2.22. The van der Waals surface area contributed by atoms with Gasteiger partial charge in [0.1, 0.15) is 0 Å². The molecule has 0 saturated heterocycles. The summed E-state index contributed by atoms with van der Waals surface area (Å²) >= 11 is 0. The quantitative estimate of drug-likeness (QED) is 0.627. The van der Waals surface area contributed by atoms with Crippen LogP contribution in [0.4, 0.5) is 5.69 Å². The average Bonchev–Trinajstić information content (AvgIpc) is 2.97. The molecule has 8 heteroatoms. The number of carbonyl (C=O) groups is 1. The van der Waals surface area contributed by atoms with Crippen LogP contribution in [0.3, 0.4) is 0 Å². The van der Waals surface area contributed by atoms with Crippen LogP contribution in [0, 0.1) is 10.1 Å². The summed E-state index contributed by atoms with van der Waals surface area (Å²) in [6.07, 6.45) is 1.54. The summed E-state index contributed by atoms with van der Waals surface area (Å²) in [5.74, 6) is -0.416. The van der Waals surface area contributed by atoms with Gasteiger partial charge in [0.05, 0.1) is 17.2 Å². The number of nitro benzene ring substituents is 1. The number of non-ortho nitro benzene ring substituents is 1. The fraction of sp³-hybridized carbons (Fsp3) is 0.231. The highest BCUT2D eigenvalue weighted by Crippen LogP contribution is 2.16. The maximum Gasteiger partial charge on any atom is 0.272 e. The van der Waals surface area contributed by atoms with E-state index in [-0.39, 0.29) is 24.0 Å². The number of amides is 1. The highest BCUT2D eigenvalue weighted by atomic mass is 16.6. The second-order valence-electron chi connectivity index (χ2n) is 4.48.